The van der Waals surface area contributed by atoms with Crippen molar-refractivity contribution >= 4 is 26.0 Å². The number of halogens is 1. The molecule has 4 rings (SSSR count). The van der Waals surface area contributed by atoms with E-state index < -0.39 is 10.0 Å². The van der Waals surface area contributed by atoms with Crippen LogP contribution in [0.5, 0.6) is 11.5 Å². The van der Waals surface area contributed by atoms with Crippen LogP contribution in [0.4, 0.5) is 0 Å². The molecule has 164 valence electrons. The smallest absolute Gasteiger partial charge is 0.243 e. The van der Waals surface area contributed by atoms with E-state index in [4.69, 9.17) is 14.0 Å². The van der Waals surface area contributed by atoms with Crippen molar-refractivity contribution in [3.8, 4) is 22.9 Å². The molecule has 1 aliphatic rings. The van der Waals surface area contributed by atoms with Gasteiger partial charge >= 0.3 is 0 Å². The lowest BCUT2D eigenvalue weighted by Gasteiger charge is -2.30. The minimum atomic E-state index is -3.59. The van der Waals surface area contributed by atoms with Gasteiger partial charge in [0.15, 0.2) is 0 Å². The Morgan fingerprint density at radius 1 is 1.13 bits per heavy atom. The Morgan fingerprint density at radius 3 is 2.61 bits per heavy atom. The van der Waals surface area contributed by atoms with Crippen LogP contribution in [0.15, 0.2) is 56.4 Å². The molecular weight excluding hydrogens is 486 g/mol. The Kier molecular flexibility index (Phi) is 6.31. The highest BCUT2D eigenvalue weighted by atomic mass is 79.9. The van der Waals surface area contributed by atoms with Crippen molar-refractivity contribution in [2.75, 3.05) is 27.3 Å². The average molecular weight is 508 g/mol. The molecule has 0 amide bonds. The van der Waals surface area contributed by atoms with Gasteiger partial charge in [-0.05, 0) is 49.2 Å². The molecule has 1 saturated heterocycles. The summed E-state index contributed by atoms with van der Waals surface area (Å²) >= 11 is 3.34. The highest BCUT2D eigenvalue weighted by Gasteiger charge is 2.33. The molecule has 0 N–H and O–H groups in total. The van der Waals surface area contributed by atoms with Crippen LogP contribution in [0, 0.1) is 0 Å². The number of nitrogens with zero attached hydrogens (tertiary/aromatic N) is 3. The normalized spacial score (nSPS) is 17.5. The topological polar surface area (TPSA) is 94.8 Å². The SMILES string of the molecule is COc1ccc(-c2noc([C@@H]3CCCN(S(=O)(=O)c4ccc(Br)cc4)C3)n2)c(OC)c1. The first-order chi connectivity index (χ1) is 14.9. The van der Waals surface area contributed by atoms with Gasteiger partial charge in [-0.3, -0.25) is 0 Å². The van der Waals surface area contributed by atoms with E-state index in [1.54, 1.807) is 56.7 Å². The molecule has 0 aliphatic carbocycles. The zero-order valence-corrected chi connectivity index (χ0v) is 19.5. The molecule has 10 heteroatoms. The van der Waals surface area contributed by atoms with Crippen molar-refractivity contribution in [3.63, 3.8) is 0 Å². The number of benzene rings is 2. The highest BCUT2D eigenvalue weighted by molar-refractivity contribution is 9.10. The van der Waals surface area contributed by atoms with Crippen LogP contribution in [0.1, 0.15) is 24.7 Å². The van der Waals surface area contributed by atoms with E-state index in [-0.39, 0.29) is 10.8 Å². The van der Waals surface area contributed by atoms with Gasteiger partial charge in [-0.1, -0.05) is 21.1 Å². The van der Waals surface area contributed by atoms with E-state index in [9.17, 15) is 8.42 Å². The second-order valence-corrected chi connectivity index (χ2v) is 10.0. The molecule has 0 unspecified atom stereocenters. The molecule has 1 aromatic heterocycles. The number of rotatable bonds is 6. The number of hydrogen-bond acceptors (Lipinski definition) is 7. The third-order valence-electron chi connectivity index (χ3n) is 5.28. The minimum absolute atomic E-state index is 0.176. The van der Waals surface area contributed by atoms with E-state index >= 15 is 0 Å². The lowest BCUT2D eigenvalue weighted by atomic mass is 10.00. The molecule has 0 spiro atoms. The quantitative estimate of drug-likeness (QED) is 0.495. The monoisotopic (exact) mass is 507 g/mol. The van der Waals surface area contributed by atoms with Gasteiger partial charge in [-0.15, -0.1) is 0 Å². The maximum absolute atomic E-state index is 13.1. The summed E-state index contributed by atoms with van der Waals surface area (Å²) in [5, 5.41) is 4.10. The van der Waals surface area contributed by atoms with Crippen LogP contribution in [0.2, 0.25) is 0 Å². The van der Waals surface area contributed by atoms with Crippen LogP contribution in [-0.4, -0.2) is 50.2 Å². The van der Waals surface area contributed by atoms with Gasteiger partial charge < -0.3 is 14.0 Å². The van der Waals surface area contributed by atoms with Gasteiger partial charge in [-0.2, -0.15) is 9.29 Å². The number of aromatic nitrogens is 2. The van der Waals surface area contributed by atoms with E-state index in [0.29, 0.717) is 48.3 Å². The van der Waals surface area contributed by atoms with Crippen molar-refractivity contribution in [1.29, 1.82) is 0 Å². The Hall–Kier alpha value is -2.43. The summed E-state index contributed by atoms with van der Waals surface area (Å²) < 4.78 is 44.6. The third kappa shape index (κ3) is 4.46. The first-order valence-electron chi connectivity index (χ1n) is 9.74. The number of methoxy groups -OCH3 is 2. The first-order valence-corrected chi connectivity index (χ1v) is 12.0. The number of piperidine rings is 1. The predicted molar refractivity (Wildman–Crippen MR) is 118 cm³/mol. The summed E-state index contributed by atoms with van der Waals surface area (Å²) in [6.07, 6.45) is 1.48. The molecule has 31 heavy (non-hydrogen) atoms. The molecule has 3 aromatic rings. The molecule has 0 bridgehead atoms. The van der Waals surface area contributed by atoms with E-state index in [2.05, 4.69) is 26.1 Å². The number of ether oxygens (including phenoxy) is 2. The molecule has 1 atom stereocenters. The van der Waals surface area contributed by atoms with Crippen molar-refractivity contribution in [2.45, 2.75) is 23.7 Å². The van der Waals surface area contributed by atoms with Crippen LogP contribution in [0.25, 0.3) is 11.4 Å². The molecule has 0 radical (unpaired) electrons. The van der Waals surface area contributed by atoms with Crippen LogP contribution < -0.4 is 9.47 Å². The summed E-state index contributed by atoms with van der Waals surface area (Å²) in [4.78, 5) is 4.81. The minimum Gasteiger partial charge on any atom is -0.497 e. The Balaban J connectivity index is 1.56. The third-order valence-corrected chi connectivity index (χ3v) is 7.68. The zero-order valence-electron chi connectivity index (χ0n) is 17.1. The van der Waals surface area contributed by atoms with Crippen molar-refractivity contribution < 1.29 is 22.4 Å². The maximum Gasteiger partial charge on any atom is 0.243 e. The van der Waals surface area contributed by atoms with E-state index in [0.717, 1.165) is 10.9 Å². The largest absolute Gasteiger partial charge is 0.497 e. The fourth-order valence-electron chi connectivity index (χ4n) is 3.61. The van der Waals surface area contributed by atoms with E-state index in [1.807, 2.05) is 0 Å². The van der Waals surface area contributed by atoms with Gasteiger partial charge in [0.2, 0.25) is 21.7 Å². The van der Waals surface area contributed by atoms with Crippen molar-refractivity contribution in [3.05, 3.63) is 52.8 Å². The average Bonchev–Trinajstić information content (AvgIpc) is 3.29. The molecule has 0 saturated carbocycles. The van der Waals surface area contributed by atoms with Gasteiger partial charge in [-0.25, -0.2) is 8.42 Å². The Morgan fingerprint density at radius 2 is 1.90 bits per heavy atom. The second kappa shape index (κ2) is 8.97. The fraction of sp³-hybridized carbons (Fsp3) is 0.333. The summed E-state index contributed by atoms with van der Waals surface area (Å²) in [7, 11) is -0.453. The van der Waals surface area contributed by atoms with Gasteiger partial charge in [0, 0.05) is 23.6 Å². The molecular formula is C21H22BrN3O5S. The summed E-state index contributed by atoms with van der Waals surface area (Å²) in [6.45, 7) is 0.752. The summed E-state index contributed by atoms with van der Waals surface area (Å²) in [6, 6.07) is 12.0. The molecule has 1 aliphatic heterocycles. The van der Waals surface area contributed by atoms with Crippen LogP contribution >= 0.6 is 15.9 Å². The Labute approximate surface area is 189 Å². The number of hydrogen-bond donors (Lipinski definition) is 0. The standard InChI is InChI=1S/C21H22BrN3O5S/c1-28-16-7-10-18(19(12-16)29-2)20-23-21(30-24-20)14-4-3-11-25(13-14)31(26,27)17-8-5-15(22)6-9-17/h5-10,12,14H,3-4,11,13H2,1-2H3/t14-/m1/s1. The van der Waals surface area contributed by atoms with E-state index in [1.165, 1.54) is 4.31 Å². The molecule has 8 nitrogen and oxygen atoms in total. The lowest BCUT2D eigenvalue weighted by Crippen LogP contribution is -2.39. The zero-order chi connectivity index (χ0) is 22.0. The Bertz CT molecular complexity index is 1160. The predicted octanol–water partition coefficient (Wildman–Crippen LogP) is 4.08. The summed E-state index contributed by atoms with van der Waals surface area (Å²) in [5.41, 5.74) is 0.674. The van der Waals surface area contributed by atoms with Crippen molar-refractivity contribution in [1.82, 2.24) is 14.4 Å². The molecule has 2 heterocycles. The summed E-state index contributed by atoms with van der Waals surface area (Å²) in [5.74, 6) is 1.86. The maximum atomic E-state index is 13.1. The molecule has 1 fully saturated rings. The van der Waals surface area contributed by atoms with Gasteiger partial charge in [0.05, 0.1) is 30.6 Å². The second-order valence-electron chi connectivity index (χ2n) is 7.18. The number of sulfonamides is 1. The van der Waals surface area contributed by atoms with Crippen LogP contribution in [0.3, 0.4) is 0 Å². The van der Waals surface area contributed by atoms with Crippen molar-refractivity contribution in [2.24, 2.45) is 0 Å². The molecule has 2 aromatic carbocycles. The lowest BCUT2D eigenvalue weighted by molar-refractivity contribution is 0.265. The van der Waals surface area contributed by atoms with Gasteiger partial charge in [0.25, 0.3) is 0 Å². The van der Waals surface area contributed by atoms with Gasteiger partial charge in [0.1, 0.15) is 11.5 Å². The highest BCUT2D eigenvalue weighted by Crippen LogP contribution is 2.34. The fourth-order valence-corrected chi connectivity index (χ4v) is 5.40. The first kappa shape index (κ1) is 21.8. The van der Waals surface area contributed by atoms with Crippen LogP contribution in [-0.2, 0) is 10.0 Å².